The van der Waals surface area contributed by atoms with Gasteiger partial charge in [-0.1, -0.05) is 30.3 Å². The average Bonchev–Trinajstić information content (AvgIpc) is 3.13. The van der Waals surface area contributed by atoms with Crippen LogP contribution < -0.4 is 5.73 Å². The highest BCUT2D eigenvalue weighted by molar-refractivity contribution is 7.20. The average molecular weight is 342 g/mol. The van der Waals surface area contributed by atoms with Gasteiger partial charge in [0.2, 0.25) is 5.91 Å². The number of hydrogen-bond acceptors (Lipinski definition) is 4. The summed E-state index contributed by atoms with van der Waals surface area (Å²) in [6.45, 7) is 0.312. The molecular formula is C17H18N4O2S. The van der Waals surface area contributed by atoms with Gasteiger partial charge in [-0.05, 0) is 6.07 Å². The zero-order chi connectivity index (χ0) is 17.3. The molecule has 3 rings (SSSR count). The van der Waals surface area contributed by atoms with Crippen LogP contribution in [-0.2, 0) is 11.8 Å². The maximum absolute atomic E-state index is 12.5. The molecule has 0 atom stereocenters. The van der Waals surface area contributed by atoms with Crippen molar-refractivity contribution in [2.45, 2.75) is 6.42 Å². The number of hydrogen-bond donors (Lipinski definition) is 1. The summed E-state index contributed by atoms with van der Waals surface area (Å²) < 4.78 is 1.79. The van der Waals surface area contributed by atoms with Crippen molar-refractivity contribution in [1.82, 2.24) is 14.7 Å². The largest absolute Gasteiger partial charge is 0.370 e. The van der Waals surface area contributed by atoms with Crippen molar-refractivity contribution in [2.75, 3.05) is 13.6 Å². The number of aryl methyl sites for hydroxylation is 1. The standard InChI is InChI=1S/C17H18N4O2S/c1-20(9-8-14(18)22)16(23)13-10-12-15(11-6-4-3-5-7-11)19-21(2)17(12)24-13/h3-7,10H,8-9H2,1-2H3,(H2,18,22). The number of benzene rings is 1. The first kappa shape index (κ1) is 16.2. The highest BCUT2D eigenvalue weighted by atomic mass is 32.1. The summed E-state index contributed by atoms with van der Waals surface area (Å²) >= 11 is 1.40. The number of aromatic nitrogens is 2. The molecule has 0 aliphatic rings. The third-order valence-corrected chi connectivity index (χ3v) is 5.00. The first-order chi connectivity index (χ1) is 11.5. The van der Waals surface area contributed by atoms with E-state index in [1.807, 2.05) is 43.4 Å². The van der Waals surface area contributed by atoms with Gasteiger partial charge < -0.3 is 10.6 Å². The van der Waals surface area contributed by atoms with Crippen molar-refractivity contribution in [3.05, 3.63) is 41.3 Å². The molecule has 0 spiro atoms. The lowest BCUT2D eigenvalue weighted by Gasteiger charge is -2.14. The molecule has 3 aromatic rings. The number of carbonyl (C=O) groups excluding carboxylic acids is 2. The minimum atomic E-state index is -0.415. The molecule has 0 aliphatic carbocycles. The Kier molecular flexibility index (Phi) is 4.35. The van der Waals surface area contributed by atoms with Crippen molar-refractivity contribution in [2.24, 2.45) is 12.8 Å². The molecule has 1 aromatic carbocycles. The van der Waals surface area contributed by atoms with Gasteiger partial charge in [0.25, 0.3) is 5.91 Å². The number of amides is 2. The molecule has 0 aliphatic heterocycles. The molecule has 0 unspecified atom stereocenters. The Hall–Kier alpha value is -2.67. The Bertz CT molecular complexity index is 898. The second kappa shape index (κ2) is 6.45. The number of rotatable bonds is 5. The Balaban J connectivity index is 1.94. The number of nitrogens with two attached hydrogens (primary N) is 1. The van der Waals surface area contributed by atoms with E-state index in [9.17, 15) is 9.59 Å². The van der Waals surface area contributed by atoms with Gasteiger partial charge in [-0.15, -0.1) is 11.3 Å². The van der Waals surface area contributed by atoms with E-state index in [-0.39, 0.29) is 12.3 Å². The normalized spacial score (nSPS) is 10.9. The van der Waals surface area contributed by atoms with E-state index < -0.39 is 5.91 Å². The van der Waals surface area contributed by atoms with Crippen LogP contribution in [0.5, 0.6) is 0 Å². The van der Waals surface area contributed by atoms with Crippen molar-refractivity contribution >= 4 is 33.4 Å². The van der Waals surface area contributed by atoms with Gasteiger partial charge in [0.15, 0.2) is 0 Å². The van der Waals surface area contributed by atoms with Gasteiger partial charge in [-0.3, -0.25) is 14.3 Å². The van der Waals surface area contributed by atoms with Gasteiger partial charge in [-0.2, -0.15) is 5.10 Å². The van der Waals surface area contributed by atoms with Crippen LogP contribution in [0.1, 0.15) is 16.1 Å². The summed E-state index contributed by atoms with van der Waals surface area (Å²) in [6.07, 6.45) is 0.157. The van der Waals surface area contributed by atoms with E-state index in [0.717, 1.165) is 21.5 Å². The van der Waals surface area contributed by atoms with Crippen LogP contribution in [0.25, 0.3) is 21.5 Å². The van der Waals surface area contributed by atoms with E-state index in [4.69, 9.17) is 5.73 Å². The fourth-order valence-corrected chi connectivity index (χ4v) is 3.59. The SMILES string of the molecule is CN(CCC(N)=O)C(=O)c1cc2c(-c3ccccc3)nn(C)c2s1. The van der Waals surface area contributed by atoms with Crippen LogP contribution in [0.3, 0.4) is 0 Å². The Morgan fingerprint density at radius 1 is 1.29 bits per heavy atom. The fourth-order valence-electron chi connectivity index (χ4n) is 2.52. The van der Waals surface area contributed by atoms with Crippen molar-refractivity contribution in [3.8, 4) is 11.3 Å². The molecule has 6 nitrogen and oxygen atoms in total. The predicted octanol–water partition coefficient (Wildman–Crippen LogP) is 2.25. The third-order valence-electron chi connectivity index (χ3n) is 3.81. The van der Waals surface area contributed by atoms with Crippen LogP contribution in [0.2, 0.25) is 0 Å². The van der Waals surface area contributed by atoms with Gasteiger partial charge >= 0.3 is 0 Å². The number of thiophene rings is 1. The van der Waals surface area contributed by atoms with Gasteiger partial charge in [0.1, 0.15) is 10.5 Å². The fraction of sp³-hybridized carbons (Fsp3) is 0.235. The quantitative estimate of drug-likeness (QED) is 0.772. The number of carbonyl (C=O) groups is 2. The lowest BCUT2D eigenvalue weighted by molar-refractivity contribution is -0.118. The monoisotopic (exact) mass is 342 g/mol. The van der Waals surface area contributed by atoms with Crippen LogP contribution >= 0.6 is 11.3 Å². The zero-order valence-corrected chi connectivity index (χ0v) is 14.3. The Labute approximate surface area is 143 Å². The molecule has 0 saturated heterocycles. The molecule has 124 valence electrons. The summed E-state index contributed by atoms with van der Waals surface area (Å²) in [7, 11) is 3.54. The Morgan fingerprint density at radius 2 is 2.00 bits per heavy atom. The number of nitrogens with zero attached hydrogens (tertiary/aromatic N) is 3. The topological polar surface area (TPSA) is 81.2 Å². The molecule has 2 N–H and O–H groups in total. The Morgan fingerprint density at radius 3 is 2.67 bits per heavy atom. The van der Waals surface area contributed by atoms with Gasteiger partial charge in [0, 0.05) is 38.0 Å². The van der Waals surface area contributed by atoms with Crippen LogP contribution in [-0.4, -0.2) is 40.1 Å². The minimum absolute atomic E-state index is 0.114. The predicted molar refractivity (Wildman–Crippen MR) is 94.8 cm³/mol. The first-order valence-corrected chi connectivity index (χ1v) is 8.34. The molecule has 2 heterocycles. The molecular weight excluding hydrogens is 324 g/mol. The summed E-state index contributed by atoms with van der Waals surface area (Å²) in [5.74, 6) is -0.530. The van der Waals surface area contributed by atoms with E-state index in [1.165, 1.54) is 16.2 Å². The highest BCUT2D eigenvalue weighted by Crippen LogP contribution is 2.33. The smallest absolute Gasteiger partial charge is 0.263 e. The van der Waals surface area contributed by atoms with Crippen molar-refractivity contribution < 1.29 is 9.59 Å². The van der Waals surface area contributed by atoms with Crippen molar-refractivity contribution in [1.29, 1.82) is 0 Å². The molecule has 0 fully saturated rings. The second-order valence-electron chi connectivity index (χ2n) is 5.61. The van der Waals surface area contributed by atoms with Gasteiger partial charge in [0.05, 0.1) is 4.88 Å². The summed E-state index contributed by atoms with van der Waals surface area (Å²) in [5, 5.41) is 5.52. The summed E-state index contributed by atoms with van der Waals surface area (Å²) in [4.78, 5) is 26.5. The van der Waals surface area contributed by atoms with E-state index in [2.05, 4.69) is 5.10 Å². The van der Waals surface area contributed by atoms with E-state index in [0.29, 0.717) is 11.4 Å². The maximum atomic E-state index is 12.5. The van der Waals surface area contributed by atoms with Gasteiger partial charge in [-0.25, -0.2) is 0 Å². The van der Waals surface area contributed by atoms with E-state index in [1.54, 1.807) is 11.7 Å². The molecule has 0 saturated carbocycles. The van der Waals surface area contributed by atoms with Crippen LogP contribution in [0.4, 0.5) is 0 Å². The molecule has 24 heavy (non-hydrogen) atoms. The molecule has 2 aromatic heterocycles. The van der Waals surface area contributed by atoms with Crippen molar-refractivity contribution in [3.63, 3.8) is 0 Å². The molecule has 7 heteroatoms. The number of fused-ring (bicyclic) bond motifs is 1. The highest BCUT2D eigenvalue weighted by Gasteiger charge is 2.20. The lowest BCUT2D eigenvalue weighted by Crippen LogP contribution is -2.29. The second-order valence-corrected chi connectivity index (χ2v) is 6.64. The minimum Gasteiger partial charge on any atom is -0.370 e. The van der Waals surface area contributed by atoms with E-state index >= 15 is 0 Å². The van der Waals surface area contributed by atoms with Crippen LogP contribution in [0.15, 0.2) is 36.4 Å². The summed E-state index contributed by atoms with van der Waals surface area (Å²) in [6, 6.07) is 11.8. The van der Waals surface area contributed by atoms with Crippen LogP contribution in [0, 0.1) is 0 Å². The maximum Gasteiger partial charge on any atom is 0.263 e. The first-order valence-electron chi connectivity index (χ1n) is 7.53. The third kappa shape index (κ3) is 3.03. The number of primary amides is 1. The zero-order valence-electron chi connectivity index (χ0n) is 13.5. The molecule has 0 bridgehead atoms. The summed E-state index contributed by atoms with van der Waals surface area (Å²) in [5.41, 5.74) is 7.02. The lowest BCUT2D eigenvalue weighted by atomic mass is 10.1. The molecule has 2 amide bonds. The molecule has 0 radical (unpaired) electrons.